The molecule has 0 unspecified atom stereocenters. The van der Waals surface area contributed by atoms with E-state index in [9.17, 15) is 15.0 Å². The van der Waals surface area contributed by atoms with Gasteiger partial charge in [-0.15, -0.1) is 0 Å². The summed E-state index contributed by atoms with van der Waals surface area (Å²) in [5.41, 5.74) is 0.0623. The number of rotatable bonds is 6. The van der Waals surface area contributed by atoms with E-state index in [4.69, 9.17) is 4.74 Å². The first-order chi connectivity index (χ1) is 9.55. The number of nitrogens with zero attached hydrogens (tertiary/aromatic N) is 2. The number of ether oxygens (including phenoxy) is 1. The van der Waals surface area contributed by atoms with Gasteiger partial charge in [0.15, 0.2) is 11.5 Å². The average molecular weight is 279 g/mol. The fraction of sp³-hybridized carbons (Fsp3) is 0.462. The van der Waals surface area contributed by atoms with E-state index in [1.54, 1.807) is 0 Å². The van der Waals surface area contributed by atoms with Crippen molar-refractivity contribution in [2.24, 2.45) is 10.2 Å². The molecule has 1 heterocycles. The first kappa shape index (κ1) is 14.3. The summed E-state index contributed by atoms with van der Waals surface area (Å²) in [6, 6.07) is 2.84. The van der Waals surface area contributed by atoms with E-state index in [2.05, 4.69) is 15.5 Å². The summed E-state index contributed by atoms with van der Waals surface area (Å²) in [5, 5.41) is 29.5. The molecule has 0 radical (unpaired) electrons. The van der Waals surface area contributed by atoms with Crippen LogP contribution in [0.4, 0.5) is 0 Å². The summed E-state index contributed by atoms with van der Waals surface area (Å²) >= 11 is 0. The minimum absolute atomic E-state index is 0.146. The molecule has 0 saturated carbocycles. The molecule has 0 atom stereocenters. The van der Waals surface area contributed by atoms with E-state index < -0.39 is 5.66 Å². The number of carbonyl (C=O) groups excluding carboxylic acids is 1. The molecule has 0 aromatic heterocycles. The highest BCUT2D eigenvalue weighted by molar-refractivity contribution is 5.95. The summed E-state index contributed by atoms with van der Waals surface area (Å²) < 4.78 is 4.98. The van der Waals surface area contributed by atoms with Gasteiger partial charge in [0, 0.05) is 11.1 Å². The van der Waals surface area contributed by atoms with Gasteiger partial charge < -0.3 is 20.3 Å². The summed E-state index contributed by atoms with van der Waals surface area (Å²) in [6.45, 7) is 1.90. The van der Waals surface area contributed by atoms with Gasteiger partial charge in [0.2, 0.25) is 5.66 Å². The quantitative estimate of drug-likeness (QED) is 0.727. The number of benzene rings is 1. The molecule has 1 aliphatic rings. The largest absolute Gasteiger partial charge is 0.504 e. The molecule has 20 heavy (non-hydrogen) atoms. The third kappa shape index (κ3) is 2.72. The van der Waals surface area contributed by atoms with Gasteiger partial charge in [0.05, 0.1) is 20.3 Å². The number of phenols is 1. The van der Waals surface area contributed by atoms with Crippen molar-refractivity contribution < 1.29 is 19.7 Å². The Morgan fingerprint density at radius 3 is 2.65 bits per heavy atom. The van der Waals surface area contributed by atoms with Crippen LogP contribution in [0, 0.1) is 0 Å². The zero-order chi connectivity index (χ0) is 14.8. The Morgan fingerprint density at radius 1 is 1.45 bits per heavy atom. The normalized spacial score (nSPS) is 14.9. The van der Waals surface area contributed by atoms with E-state index in [0.29, 0.717) is 12.1 Å². The minimum Gasteiger partial charge on any atom is -0.504 e. The summed E-state index contributed by atoms with van der Waals surface area (Å²) in [7, 11) is 1.38. The van der Waals surface area contributed by atoms with Gasteiger partial charge in [-0.25, -0.2) is 0 Å². The van der Waals surface area contributed by atoms with E-state index in [-0.39, 0.29) is 29.6 Å². The molecule has 1 aliphatic heterocycles. The van der Waals surface area contributed by atoms with Crippen LogP contribution in [0.3, 0.4) is 0 Å². The molecule has 0 bridgehead atoms. The molecule has 7 nitrogen and oxygen atoms in total. The number of amides is 1. The van der Waals surface area contributed by atoms with Crippen LogP contribution in [-0.4, -0.2) is 35.4 Å². The van der Waals surface area contributed by atoms with Crippen molar-refractivity contribution in [2.75, 3.05) is 13.7 Å². The Bertz CT molecular complexity index is 526. The summed E-state index contributed by atoms with van der Waals surface area (Å²) in [4.78, 5) is 12.1. The molecule has 0 saturated heterocycles. The fourth-order valence-electron chi connectivity index (χ4n) is 1.80. The second-order valence-electron chi connectivity index (χ2n) is 4.56. The standard InChI is InChI=1S/C13H17N3O4/c1-3-13(15-16-13)7-14-12(19)8-4-9(6-17)11(18)10(5-8)20-2/h4-5,17-18H,3,6-7H2,1-2H3,(H,14,19). The summed E-state index contributed by atoms with van der Waals surface area (Å²) in [6.07, 6.45) is 0.730. The number of nitrogens with one attached hydrogen (secondary N) is 1. The second-order valence-corrected chi connectivity index (χ2v) is 4.56. The lowest BCUT2D eigenvalue weighted by atomic mass is 10.1. The fourth-order valence-corrected chi connectivity index (χ4v) is 1.80. The lowest BCUT2D eigenvalue weighted by Crippen LogP contribution is -2.34. The van der Waals surface area contributed by atoms with Crippen molar-refractivity contribution in [1.29, 1.82) is 0 Å². The van der Waals surface area contributed by atoms with Crippen LogP contribution in [0.15, 0.2) is 22.4 Å². The van der Waals surface area contributed by atoms with E-state index >= 15 is 0 Å². The highest BCUT2D eigenvalue weighted by Gasteiger charge is 2.38. The number of carbonyl (C=O) groups is 1. The second kappa shape index (κ2) is 5.46. The van der Waals surface area contributed by atoms with Gasteiger partial charge in [-0.2, -0.15) is 10.2 Å². The van der Waals surface area contributed by atoms with Crippen LogP contribution < -0.4 is 10.1 Å². The topological polar surface area (TPSA) is 104 Å². The Labute approximate surface area is 116 Å². The van der Waals surface area contributed by atoms with Crippen molar-refractivity contribution in [2.45, 2.75) is 25.6 Å². The Morgan fingerprint density at radius 2 is 2.15 bits per heavy atom. The maximum Gasteiger partial charge on any atom is 0.251 e. The van der Waals surface area contributed by atoms with E-state index in [1.807, 2.05) is 6.92 Å². The van der Waals surface area contributed by atoms with Crippen molar-refractivity contribution in [3.63, 3.8) is 0 Å². The molecule has 0 spiro atoms. The predicted molar refractivity (Wildman–Crippen MR) is 70.8 cm³/mol. The third-order valence-electron chi connectivity index (χ3n) is 3.29. The van der Waals surface area contributed by atoms with Gasteiger partial charge in [0.1, 0.15) is 0 Å². The number of hydrogen-bond acceptors (Lipinski definition) is 6. The van der Waals surface area contributed by atoms with Gasteiger partial charge in [0.25, 0.3) is 5.91 Å². The first-order valence-electron chi connectivity index (χ1n) is 6.28. The molecule has 1 aromatic carbocycles. The van der Waals surface area contributed by atoms with Crippen LogP contribution in [-0.2, 0) is 6.61 Å². The van der Waals surface area contributed by atoms with Gasteiger partial charge in [-0.3, -0.25) is 4.79 Å². The van der Waals surface area contributed by atoms with Crippen molar-refractivity contribution in [3.8, 4) is 11.5 Å². The molecular weight excluding hydrogens is 262 g/mol. The van der Waals surface area contributed by atoms with Crippen molar-refractivity contribution in [3.05, 3.63) is 23.3 Å². The van der Waals surface area contributed by atoms with Crippen LogP contribution in [0.25, 0.3) is 0 Å². The van der Waals surface area contributed by atoms with Gasteiger partial charge in [-0.05, 0) is 18.6 Å². The molecule has 1 aromatic rings. The van der Waals surface area contributed by atoms with Crippen LogP contribution in [0.1, 0.15) is 29.3 Å². The highest BCUT2D eigenvalue weighted by atomic mass is 16.5. The Balaban J connectivity index is 2.13. The Kier molecular flexibility index (Phi) is 3.89. The SMILES string of the molecule is CCC1(CNC(=O)c2cc(CO)c(O)c(OC)c2)N=N1. The molecule has 1 amide bonds. The van der Waals surface area contributed by atoms with Crippen molar-refractivity contribution >= 4 is 5.91 Å². The number of hydrogen-bond donors (Lipinski definition) is 3. The maximum absolute atomic E-state index is 12.1. The average Bonchev–Trinajstić information content (AvgIpc) is 3.25. The molecule has 0 aliphatic carbocycles. The number of aliphatic hydroxyl groups excluding tert-OH is 1. The molecule has 108 valence electrons. The first-order valence-corrected chi connectivity index (χ1v) is 6.28. The lowest BCUT2D eigenvalue weighted by Gasteiger charge is -2.12. The lowest BCUT2D eigenvalue weighted by molar-refractivity contribution is 0.0948. The van der Waals surface area contributed by atoms with Crippen LogP contribution >= 0.6 is 0 Å². The summed E-state index contributed by atoms with van der Waals surface area (Å²) in [5.74, 6) is -0.348. The zero-order valence-electron chi connectivity index (χ0n) is 11.4. The third-order valence-corrected chi connectivity index (χ3v) is 3.29. The minimum atomic E-state index is -0.476. The highest BCUT2D eigenvalue weighted by Crippen LogP contribution is 2.32. The predicted octanol–water partition coefficient (Wildman–Crippen LogP) is 1.20. The molecule has 7 heteroatoms. The van der Waals surface area contributed by atoms with Gasteiger partial charge >= 0.3 is 0 Å². The molecule has 2 rings (SSSR count). The molecular formula is C13H17N3O4. The number of aromatic hydroxyl groups is 1. The van der Waals surface area contributed by atoms with E-state index in [0.717, 1.165) is 6.42 Å². The molecule has 3 N–H and O–H groups in total. The number of methoxy groups -OCH3 is 1. The molecule has 0 fully saturated rings. The zero-order valence-corrected chi connectivity index (χ0v) is 11.4. The Hall–Kier alpha value is -2.15. The van der Waals surface area contributed by atoms with Crippen LogP contribution in [0.5, 0.6) is 11.5 Å². The van der Waals surface area contributed by atoms with Crippen LogP contribution in [0.2, 0.25) is 0 Å². The van der Waals surface area contributed by atoms with Crippen molar-refractivity contribution in [1.82, 2.24) is 5.32 Å². The van der Waals surface area contributed by atoms with Gasteiger partial charge in [-0.1, -0.05) is 6.92 Å². The number of aliphatic hydroxyl groups is 1. The monoisotopic (exact) mass is 279 g/mol. The maximum atomic E-state index is 12.1. The van der Waals surface area contributed by atoms with E-state index in [1.165, 1.54) is 19.2 Å². The smallest absolute Gasteiger partial charge is 0.251 e.